The van der Waals surface area contributed by atoms with Gasteiger partial charge in [0, 0.05) is 5.69 Å². The van der Waals surface area contributed by atoms with Crippen molar-refractivity contribution >= 4 is 28.8 Å². The summed E-state index contributed by atoms with van der Waals surface area (Å²) in [6, 6.07) is 6.74. The number of aryl methyl sites for hydroxylation is 1. The number of nitrogens with zero attached hydrogens (tertiary/aromatic N) is 3. The van der Waals surface area contributed by atoms with Crippen molar-refractivity contribution in [3.63, 3.8) is 0 Å². The zero-order valence-electron chi connectivity index (χ0n) is 10.2. The average Bonchev–Trinajstić information content (AvgIpc) is 2.89. The molecule has 96 valence electrons. The number of hydrogen-bond acceptors (Lipinski definition) is 6. The number of anilines is 2. The number of nitrogen functional groups attached to an aromatic ring is 1. The van der Waals surface area contributed by atoms with Gasteiger partial charge in [-0.1, -0.05) is 11.4 Å². The van der Waals surface area contributed by atoms with Gasteiger partial charge in [0.25, 0.3) is 5.91 Å². The fourth-order valence-corrected chi connectivity index (χ4v) is 2.20. The topological polar surface area (TPSA) is 105 Å². The number of aromatic nitrogens is 2. The van der Waals surface area contributed by atoms with Crippen molar-refractivity contribution in [1.29, 1.82) is 5.26 Å². The Kier molecular flexibility index (Phi) is 3.73. The van der Waals surface area contributed by atoms with E-state index in [2.05, 4.69) is 14.9 Å². The van der Waals surface area contributed by atoms with Crippen LogP contribution in [0.5, 0.6) is 0 Å². The quantitative estimate of drug-likeness (QED) is 0.830. The normalized spacial score (nSPS) is 9.89. The maximum Gasteiger partial charge on any atom is 0.269 e. The second-order valence-electron chi connectivity index (χ2n) is 3.77. The van der Waals surface area contributed by atoms with E-state index in [0.29, 0.717) is 33.9 Å². The first-order chi connectivity index (χ1) is 9.15. The van der Waals surface area contributed by atoms with Crippen LogP contribution in [-0.4, -0.2) is 15.5 Å². The third kappa shape index (κ3) is 2.69. The van der Waals surface area contributed by atoms with Gasteiger partial charge in [-0.05, 0) is 36.2 Å². The van der Waals surface area contributed by atoms with Crippen LogP contribution in [0.3, 0.4) is 0 Å². The van der Waals surface area contributed by atoms with Crippen LogP contribution in [0.4, 0.5) is 11.4 Å². The van der Waals surface area contributed by atoms with E-state index in [1.165, 1.54) is 6.07 Å². The molecular weight excluding hydrogens is 262 g/mol. The first-order valence-electron chi connectivity index (χ1n) is 5.58. The molecule has 6 nitrogen and oxygen atoms in total. The first kappa shape index (κ1) is 13.0. The van der Waals surface area contributed by atoms with Crippen molar-refractivity contribution < 1.29 is 4.79 Å². The molecule has 0 saturated carbocycles. The molecule has 0 bridgehead atoms. The number of nitrogens with one attached hydrogen (secondary N) is 1. The Morgan fingerprint density at radius 2 is 2.37 bits per heavy atom. The van der Waals surface area contributed by atoms with Crippen LogP contribution in [0.1, 0.15) is 27.9 Å². The average molecular weight is 273 g/mol. The van der Waals surface area contributed by atoms with Gasteiger partial charge in [0.1, 0.15) is 10.9 Å². The highest BCUT2D eigenvalue weighted by atomic mass is 32.1. The molecule has 1 heterocycles. The molecule has 2 rings (SSSR count). The number of rotatable bonds is 3. The summed E-state index contributed by atoms with van der Waals surface area (Å²) in [5.74, 6) is -0.312. The lowest BCUT2D eigenvalue weighted by molar-refractivity contribution is 0.102. The van der Waals surface area contributed by atoms with Crippen LogP contribution in [-0.2, 0) is 6.42 Å². The number of nitriles is 1. The number of carbonyl (C=O) groups is 1. The summed E-state index contributed by atoms with van der Waals surface area (Å²) in [4.78, 5) is 12.5. The van der Waals surface area contributed by atoms with Gasteiger partial charge in [0.05, 0.1) is 16.9 Å². The molecule has 7 heteroatoms. The molecule has 19 heavy (non-hydrogen) atoms. The van der Waals surface area contributed by atoms with E-state index < -0.39 is 0 Å². The molecule has 0 aliphatic rings. The molecular formula is C12H11N5OS. The van der Waals surface area contributed by atoms with Crippen LogP contribution in [0.2, 0.25) is 0 Å². The molecule has 0 spiro atoms. The molecule has 0 aliphatic heterocycles. The van der Waals surface area contributed by atoms with Crippen LogP contribution >= 0.6 is 11.5 Å². The number of nitrogens with two attached hydrogens (primary N) is 1. The SMILES string of the molecule is CCc1nnsc1C(=O)Nc1ccc(N)cc1C#N. The van der Waals surface area contributed by atoms with E-state index in [1.807, 2.05) is 13.0 Å². The largest absolute Gasteiger partial charge is 0.399 e. The summed E-state index contributed by atoms with van der Waals surface area (Å²) in [6.07, 6.45) is 0.631. The second kappa shape index (κ2) is 5.46. The molecule has 0 radical (unpaired) electrons. The second-order valence-corrected chi connectivity index (χ2v) is 4.53. The molecule has 0 unspecified atom stereocenters. The monoisotopic (exact) mass is 273 g/mol. The summed E-state index contributed by atoms with van der Waals surface area (Å²) < 4.78 is 3.76. The highest BCUT2D eigenvalue weighted by Crippen LogP contribution is 2.20. The van der Waals surface area contributed by atoms with Gasteiger partial charge < -0.3 is 11.1 Å². The number of carbonyl (C=O) groups excluding carboxylic acids is 1. The Bertz CT molecular complexity index is 658. The van der Waals surface area contributed by atoms with Gasteiger partial charge in [-0.15, -0.1) is 5.10 Å². The summed E-state index contributed by atoms with van der Waals surface area (Å²) >= 11 is 1.04. The molecule has 1 amide bonds. The fraction of sp³-hybridized carbons (Fsp3) is 0.167. The third-order valence-corrected chi connectivity index (χ3v) is 3.28. The van der Waals surface area contributed by atoms with E-state index in [9.17, 15) is 4.79 Å². The molecule has 3 N–H and O–H groups in total. The minimum Gasteiger partial charge on any atom is -0.399 e. The smallest absolute Gasteiger partial charge is 0.269 e. The van der Waals surface area contributed by atoms with Crippen molar-refractivity contribution in [2.45, 2.75) is 13.3 Å². The maximum absolute atomic E-state index is 12.1. The van der Waals surface area contributed by atoms with E-state index in [4.69, 9.17) is 11.0 Å². The molecule has 1 aromatic carbocycles. The lowest BCUT2D eigenvalue weighted by atomic mass is 10.1. The Morgan fingerprint density at radius 3 is 3.05 bits per heavy atom. The van der Waals surface area contributed by atoms with Gasteiger partial charge in [0.2, 0.25) is 0 Å². The van der Waals surface area contributed by atoms with Gasteiger partial charge in [-0.3, -0.25) is 4.79 Å². The van der Waals surface area contributed by atoms with Crippen molar-refractivity contribution in [2.75, 3.05) is 11.1 Å². The van der Waals surface area contributed by atoms with E-state index in [1.54, 1.807) is 12.1 Å². The number of hydrogen-bond donors (Lipinski definition) is 2. The molecule has 0 atom stereocenters. The molecule has 0 aliphatic carbocycles. The summed E-state index contributed by atoms with van der Waals surface area (Å²) in [7, 11) is 0. The van der Waals surface area contributed by atoms with Gasteiger partial charge in [0.15, 0.2) is 0 Å². The molecule has 0 fully saturated rings. The van der Waals surface area contributed by atoms with Crippen molar-refractivity contribution in [3.05, 3.63) is 34.3 Å². The van der Waals surface area contributed by atoms with E-state index in [0.717, 1.165) is 11.5 Å². The standard InChI is InChI=1S/C12H11N5OS/c1-2-9-11(19-17-16-9)12(18)15-10-4-3-8(14)5-7(10)6-13/h3-5H,2,14H2,1H3,(H,15,18). The highest BCUT2D eigenvalue weighted by molar-refractivity contribution is 7.08. The fourth-order valence-electron chi connectivity index (χ4n) is 1.55. The summed E-state index contributed by atoms with van der Waals surface area (Å²) in [5.41, 5.74) is 7.47. The number of benzene rings is 1. The van der Waals surface area contributed by atoms with Gasteiger partial charge >= 0.3 is 0 Å². The Balaban J connectivity index is 2.27. The number of amides is 1. The Hall–Kier alpha value is -2.46. The maximum atomic E-state index is 12.1. The Morgan fingerprint density at radius 1 is 1.58 bits per heavy atom. The van der Waals surface area contributed by atoms with Crippen molar-refractivity contribution in [1.82, 2.24) is 9.59 Å². The van der Waals surface area contributed by atoms with Crippen LogP contribution in [0, 0.1) is 11.3 Å². The van der Waals surface area contributed by atoms with Crippen molar-refractivity contribution in [3.8, 4) is 6.07 Å². The Labute approximate surface area is 114 Å². The first-order valence-corrected chi connectivity index (χ1v) is 6.35. The minimum absolute atomic E-state index is 0.312. The lowest BCUT2D eigenvalue weighted by Gasteiger charge is -2.06. The van der Waals surface area contributed by atoms with Crippen molar-refractivity contribution in [2.24, 2.45) is 0 Å². The minimum atomic E-state index is -0.312. The predicted molar refractivity (Wildman–Crippen MR) is 72.8 cm³/mol. The van der Waals surface area contributed by atoms with Crippen LogP contribution in [0.25, 0.3) is 0 Å². The van der Waals surface area contributed by atoms with Crippen LogP contribution in [0.15, 0.2) is 18.2 Å². The summed E-state index contributed by atoms with van der Waals surface area (Å²) in [5, 5.41) is 15.6. The third-order valence-electron chi connectivity index (χ3n) is 2.51. The molecule has 2 aromatic rings. The zero-order chi connectivity index (χ0) is 13.8. The highest BCUT2D eigenvalue weighted by Gasteiger charge is 2.16. The summed E-state index contributed by atoms with van der Waals surface area (Å²) in [6.45, 7) is 1.90. The van der Waals surface area contributed by atoms with Gasteiger partial charge in [-0.25, -0.2) is 0 Å². The van der Waals surface area contributed by atoms with Gasteiger partial charge in [-0.2, -0.15) is 5.26 Å². The predicted octanol–water partition coefficient (Wildman–Crippen LogP) is 1.81. The molecule has 1 aromatic heterocycles. The van der Waals surface area contributed by atoms with E-state index >= 15 is 0 Å². The van der Waals surface area contributed by atoms with Crippen LogP contribution < -0.4 is 11.1 Å². The zero-order valence-corrected chi connectivity index (χ0v) is 11.0. The molecule has 0 saturated heterocycles. The van der Waals surface area contributed by atoms with E-state index in [-0.39, 0.29) is 5.91 Å². The lowest BCUT2D eigenvalue weighted by Crippen LogP contribution is -2.13.